The van der Waals surface area contributed by atoms with E-state index in [1.54, 1.807) is 4.90 Å². The average Bonchev–Trinajstić information content (AvgIpc) is 2.29. The summed E-state index contributed by atoms with van der Waals surface area (Å²) in [6.07, 6.45) is 5.61. The van der Waals surface area contributed by atoms with Crippen LogP contribution in [0.2, 0.25) is 0 Å². The van der Waals surface area contributed by atoms with Crippen molar-refractivity contribution in [2.24, 2.45) is 0 Å². The first-order valence-corrected chi connectivity index (χ1v) is 7.92. The van der Waals surface area contributed by atoms with Crippen LogP contribution in [0.4, 0.5) is 0 Å². The van der Waals surface area contributed by atoms with Gasteiger partial charge in [0.2, 0.25) is 0 Å². The zero-order chi connectivity index (χ0) is 15.3. The molecule has 0 rings (SSSR count). The lowest BCUT2D eigenvalue weighted by Crippen LogP contribution is -3.17. The highest BCUT2D eigenvalue weighted by molar-refractivity contribution is 5.63. The number of carboxylic acids is 1. The van der Waals surface area contributed by atoms with Crippen LogP contribution in [0.1, 0.15) is 80.1 Å². The second-order valence-corrected chi connectivity index (χ2v) is 5.77. The van der Waals surface area contributed by atoms with Crippen LogP contribution in [0.25, 0.3) is 0 Å². The third-order valence-electron chi connectivity index (χ3n) is 3.38. The van der Waals surface area contributed by atoms with Gasteiger partial charge in [-0.05, 0) is 47.5 Å². The molecule has 0 spiro atoms. The normalized spacial score (nSPS) is 10.8. The van der Waals surface area contributed by atoms with Crippen molar-refractivity contribution >= 4 is 5.97 Å². The van der Waals surface area contributed by atoms with Crippen LogP contribution in [0.3, 0.4) is 0 Å². The van der Waals surface area contributed by atoms with E-state index >= 15 is 0 Å². The second kappa shape index (κ2) is 13.9. The molecule has 0 aromatic carbocycles. The SMILES string of the molecule is CCCCCCCC(=O)[O-].CC[NH+](C(C)C)C(C)C. The summed E-state index contributed by atoms with van der Waals surface area (Å²) in [5.74, 6) is -0.920. The van der Waals surface area contributed by atoms with Gasteiger partial charge < -0.3 is 14.8 Å². The molecule has 1 N–H and O–H groups in total. The third-order valence-corrected chi connectivity index (χ3v) is 3.38. The number of aliphatic carboxylic acids is 1. The van der Waals surface area contributed by atoms with E-state index in [9.17, 15) is 9.90 Å². The van der Waals surface area contributed by atoms with Crippen LogP contribution < -0.4 is 10.0 Å². The van der Waals surface area contributed by atoms with Crippen molar-refractivity contribution in [2.75, 3.05) is 6.54 Å². The Balaban J connectivity index is 0. The monoisotopic (exact) mass is 273 g/mol. The molecule has 0 fully saturated rings. The number of rotatable bonds is 9. The molecule has 0 aliphatic carbocycles. The van der Waals surface area contributed by atoms with Crippen LogP contribution in [-0.2, 0) is 4.79 Å². The fourth-order valence-electron chi connectivity index (χ4n) is 2.36. The van der Waals surface area contributed by atoms with Gasteiger partial charge in [-0.25, -0.2) is 0 Å². The standard InChI is InChI=1S/C8H19N.C8H16O2/c1-6-9(7(2)3)8(4)5;1-2-3-4-5-6-7-8(9)10/h7-8H,6H2,1-5H3;2-7H2,1H3,(H,9,10). The number of hydrogen-bond donors (Lipinski definition) is 1. The molecule has 3 nitrogen and oxygen atoms in total. The van der Waals surface area contributed by atoms with E-state index in [-0.39, 0.29) is 6.42 Å². The summed E-state index contributed by atoms with van der Waals surface area (Å²) in [5, 5.41) is 9.92. The van der Waals surface area contributed by atoms with Gasteiger partial charge in [0.25, 0.3) is 0 Å². The lowest BCUT2D eigenvalue weighted by atomic mass is 10.1. The van der Waals surface area contributed by atoms with Crippen LogP contribution >= 0.6 is 0 Å². The maximum atomic E-state index is 9.92. The number of carboxylic acid groups (broad SMARTS) is 1. The van der Waals surface area contributed by atoms with Gasteiger partial charge in [0, 0.05) is 5.97 Å². The summed E-state index contributed by atoms with van der Waals surface area (Å²) >= 11 is 0. The van der Waals surface area contributed by atoms with Gasteiger partial charge in [-0.1, -0.05) is 32.6 Å². The summed E-state index contributed by atoms with van der Waals surface area (Å²) in [4.78, 5) is 11.6. The van der Waals surface area contributed by atoms with Crippen molar-refractivity contribution in [3.63, 3.8) is 0 Å². The Bertz CT molecular complexity index is 195. The molecule has 0 heterocycles. The Morgan fingerprint density at radius 2 is 1.42 bits per heavy atom. The van der Waals surface area contributed by atoms with E-state index in [1.807, 2.05) is 0 Å². The molecular formula is C16H35NO2. The lowest BCUT2D eigenvalue weighted by molar-refractivity contribution is -0.940. The van der Waals surface area contributed by atoms with E-state index in [1.165, 1.54) is 19.4 Å². The predicted octanol–water partition coefficient (Wildman–Crippen LogP) is 1.80. The van der Waals surface area contributed by atoms with Crippen LogP contribution in [0, 0.1) is 0 Å². The first-order chi connectivity index (χ1) is 8.86. The molecule has 0 aromatic heterocycles. The van der Waals surface area contributed by atoms with E-state index in [0.717, 1.165) is 31.3 Å². The van der Waals surface area contributed by atoms with Gasteiger partial charge >= 0.3 is 0 Å². The Hall–Kier alpha value is -0.570. The van der Waals surface area contributed by atoms with Crippen LogP contribution in [-0.4, -0.2) is 24.6 Å². The summed E-state index contributed by atoms with van der Waals surface area (Å²) in [7, 11) is 0. The average molecular weight is 273 g/mol. The second-order valence-electron chi connectivity index (χ2n) is 5.77. The molecule has 0 aliphatic rings. The highest BCUT2D eigenvalue weighted by atomic mass is 16.4. The minimum absolute atomic E-state index is 0.226. The number of carbonyl (C=O) groups excluding carboxylic acids is 1. The van der Waals surface area contributed by atoms with Crippen molar-refractivity contribution in [3.8, 4) is 0 Å². The van der Waals surface area contributed by atoms with Gasteiger partial charge in [-0.3, -0.25) is 0 Å². The van der Waals surface area contributed by atoms with E-state index in [0.29, 0.717) is 0 Å². The molecule has 3 heteroatoms. The molecule has 0 unspecified atom stereocenters. The predicted molar refractivity (Wildman–Crippen MR) is 80.2 cm³/mol. The molecule has 0 amide bonds. The molecule has 0 radical (unpaired) electrons. The summed E-state index contributed by atoms with van der Waals surface area (Å²) in [5.41, 5.74) is 0. The number of hydrogen-bond acceptors (Lipinski definition) is 2. The molecule has 0 aliphatic heterocycles. The Kier molecular flexibility index (Phi) is 15.1. The fourth-order valence-corrected chi connectivity index (χ4v) is 2.36. The van der Waals surface area contributed by atoms with Crippen molar-refractivity contribution in [3.05, 3.63) is 0 Å². The first-order valence-electron chi connectivity index (χ1n) is 7.92. The van der Waals surface area contributed by atoms with Gasteiger partial charge in [-0.2, -0.15) is 0 Å². The van der Waals surface area contributed by atoms with E-state index in [2.05, 4.69) is 41.5 Å². The summed E-state index contributed by atoms with van der Waals surface area (Å²) in [6, 6.07) is 1.55. The van der Waals surface area contributed by atoms with Gasteiger partial charge in [0.05, 0.1) is 18.6 Å². The Morgan fingerprint density at radius 1 is 0.947 bits per heavy atom. The van der Waals surface area contributed by atoms with Crippen molar-refractivity contribution in [2.45, 2.75) is 92.2 Å². The van der Waals surface area contributed by atoms with E-state index in [4.69, 9.17) is 0 Å². The zero-order valence-corrected chi connectivity index (χ0v) is 13.9. The highest BCUT2D eigenvalue weighted by Gasteiger charge is 2.12. The summed E-state index contributed by atoms with van der Waals surface area (Å²) in [6.45, 7) is 14.7. The molecule has 0 saturated carbocycles. The molecular weight excluding hydrogens is 238 g/mol. The Morgan fingerprint density at radius 3 is 1.68 bits per heavy atom. The summed E-state index contributed by atoms with van der Waals surface area (Å²) < 4.78 is 0. The molecule has 0 atom stereocenters. The smallest absolute Gasteiger partial charge is 0.0819 e. The Labute approximate surface area is 120 Å². The maximum Gasteiger partial charge on any atom is 0.0819 e. The minimum Gasteiger partial charge on any atom is -0.550 e. The molecule has 0 bridgehead atoms. The number of nitrogens with one attached hydrogen (secondary N) is 1. The largest absolute Gasteiger partial charge is 0.550 e. The van der Waals surface area contributed by atoms with Gasteiger partial charge in [-0.15, -0.1) is 0 Å². The van der Waals surface area contributed by atoms with Gasteiger partial charge in [0.15, 0.2) is 0 Å². The van der Waals surface area contributed by atoms with Crippen molar-refractivity contribution in [1.82, 2.24) is 0 Å². The molecule has 116 valence electrons. The zero-order valence-electron chi connectivity index (χ0n) is 13.9. The van der Waals surface area contributed by atoms with Crippen molar-refractivity contribution < 1.29 is 14.8 Å². The maximum absolute atomic E-state index is 9.92. The molecule has 0 saturated heterocycles. The van der Waals surface area contributed by atoms with E-state index < -0.39 is 5.97 Å². The lowest BCUT2D eigenvalue weighted by Gasteiger charge is -2.25. The third kappa shape index (κ3) is 15.4. The quantitative estimate of drug-likeness (QED) is 0.651. The van der Waals surface area contributed by atoms with Crippen molar-refractivity contribution in [1.29, 1.82) is 0 Å². The fraction of sp³-hybridized carbons (Fsp3) is 0.938. The molecule has 19 heavy (non-hydrogen) atoms. The van der Waals surface area contributed by atoms with Gasteiger partial charge in [0.1, 0.15) is 0 Å². The number of quaternary nitrogens is 1. The number of unbranched alkanes of at least 4 members (excludes halogenated alkanes) is 4. The minimum atomic E-state index is -0.920. The van der Waals surface area contributed by atoms with Crippen LogP contribution in [0.15, 0.2) is 0 Å². The topological polar surface area (TPSA) is 44.6 Å². The number of carbonyl (C=O) groups is 1. The molecule has 0 aromatic rings. The first kappa shape index (κ1) is 20.7. The highest BCUT2D eigenvalue weighted by Crippen LogP contribution is 2.03. The van der Waals surface area contributed by atoms with Crippen LogP contribution in [0.5, 0.6) is 0 Å².